The first-order valence-corrected chi connectivity index (χ1v) is 5.84. The van der Waals surface area contributed by atoms with Crippen LogP contribution in [-0.4, -0.2) is 33.1 Å². The number of nitrogens with zero attached hydrogens (tertiary/aromatic N) is 1. The Morgan fingerprint density at radius 3 is 2.92 bits per heavy atom. The van der Waals surface area contributed by atoms with Gasteiger partial charge in [0.15, 0.2) is 0 Å². The van der Waals surface area contributed by atoms with Gasteiger partial charge in [-0.25, -0.2) is 4.79 Å². The second kappa shape index (κ2) is 4.89. The molecule has 0 bridgehead atoms. The van der Waals surface area contributed by atoms with Crippen LogP contribution in [0.25, 0.3) is 0 Å². The molecular weight excluding hydrogens is 269 g/mol. The minimum absolute atomic E-state index is 0.285. The van der Waals surface area contributed by atoms with Gasteiger partial charge in [0.2, 0.25) is 0 Å². The molecule has 0 spiro atoms. The van der Waals surface area contributed by atoms with Gasteiger partial charge in [-0.15, -0.1) is 0 Å². The van der Waals surface area contributed by atoms with Crippen LogP contribution in [0.5, 0.6) is 0 Å². The third-order valence-electron chi connectivity index (χ3n) is 2.32. The Balaban J connectivity index is 2.48. The molecule has 0 aromatic carbocycles. The molecule has 1 amide bonds. The molecular formula is C8H14INO2. The summed E-state index contributed by atoms with van der Waals surface area (Å²) < 4.78 is 1.05. The van der Waals surface area contributed by atoms with Gasteiger partial charge in [-0.1, -0.05) is 22.6 Å². The Hall–Kier alpha value is 0. The van der Waals surface area contributed by atoms with Gasteiger partial charge in [-0.3, -0.25) is 0 Å². The molecule has 0 aromatic rings. The molecule has 70 valence electrons. The van der Waals surface area contributed by atoms with Crippen molar-refractivity contribution in [3.8, 4) is 0 Å². The molecule has 4 heteroatoms. The highest BCUT2D eigenvalue weighted by Crippen LogP contribution is 2.20. The standard InChI is InChI=1S/C8H14INO2/c9-5-4-7-3-1-2-6-10(7)8(11)12/h7H,1-6H2,(H,11,12). The lowest BCUT2D eigenvalue weighted by molar-refractivity contribution is 0.106. The average Bonchev–Trinajstić information content (AvgIpc) is 2.05. The maximum absolute atomic E-state index is 10.8. The molecule has 1 unspecified atom stereocenters. The van der Waals surface area contributed by atoms with Crippen molar-refractivity contribution < 1.29 is 9.90 Å². The molecule has 1 aliphatic rings. The molecule has 1 heterocycles. The number of hydrogen-bond acceptors (Lipinski definition) is 1. The maximum Gasteiger partial charge on any atom is 0.407 e. The molecule has 1 atom stereocenters. The summed E-state index contributed by atoms with van der Waals surface area (Å²) in [4.78, 5) is 12.4. The fourth-order valence-electron chi connectivity index (χ4n) is 1.68. The Bertz CT molecular complexity index is 161. The van der Waals surface area contributed by atoms with Crippen molar-refractivity contribution in [3.05, 3.63) is 0 Å². The second-order valence-corrected chi connectivity index (χ2v) is 4.18. The molecule has 1 N–H and O–H groups in total. The Labute approximate surface area is 86.3 Å². The summed E-state index contributed by atoms with van der Waals surface area (Å²) in [6.07, 6.45) is 3.53. The highest BCUT2D eigenvalue weighted by molar-refractivity contribution is 14.1. The van der Waals surface area contributed by atoms with E-state index in [2.05, 4.69) is 22.6 Å². The van der Waals surface area contributed by atoms with E-state index in [0.29, 0.717) is 0 Å². The van der Waals surface area contributed by atoms with E-state index in [0.717, 1.165) is 30.2 Å². The quantitative estimate of drug-likeness (QED) is 0.624. The summed E-state index contributed by atoms with van der Waals surface area (Å²) in [5.41, 5.74) is 0. The van der Waals surface area contributed by atoms with Crippen LogP contribution in [0.2, 0.25) is 0 Å². The van der Waals surface area contributed by atoms with Crippen LogP contribution in [0.4, 0.5) is 4.79 Å². The van der Waals surface area contributed by atoms with E-state index < -0.39 is 6.09 Å². The molecule has 12 heavy (non-hydrogen) atoms. The molecule has 0 aromatic heterocycles. The van der Waals surface area contributed by atoms with Crippen LogP contribution in [0.1, 0.15) is 25.7 Å². The van der Waals surface area contributed by atoms with E-state index in [1.54, 1.807) is 4.90 Å². The zero-order valence-corrected chi connectivity index (χ0v) is 9.16. The number of halogens is 1. The van der Waals surface area contributed by atoms with Gasteiger partial charge in [0.1, 0.15) is 0 Å². The van der Waals surface area contributed by atoms with Crippen molar-refractivity contribution in [1.29, 1.82) is 0 Å². The third kappa shape index (κ3) is 2.50. The molecule has 1 saturated heterocycles. The summed E-state index contributed by atoms with van der Waals surface area (Å²) in [5, 5.41) is 8.86. The van der Waals surface area contributed by atoms with Crippen LogP contribution in [-0.2, 0) is 0 Å². The van der Waals surface area contributed by atoms with E-state index >= 15 is 0 Å². The molecule has 3 nitrogen and oxygen atoms in total. The van der Waals surface area contributed by atoms with Crippen LogP contribution >= 0.6 is 22.6 Å². The lowest BCUT2D eigenvalue weighted by Crippen LogP contribution is -2.43. The van der Waals surface area contributed by atoms with Crippen LogP contribution in [0.15, 0.2) is 0 Å². The van der Waals surface area contributed by atoms with Crippen LogP contribution < -0.4 is 0 Å². The van der Waals surface area contributed by atoms with Crippen molar-refractivity contribution in [3.63, 3.8) is 0 Å². The zero-order valence-electron chi connectivity index (χ0n) is 7.00. The molecule has 1 fully saturated rings. The summed E-state index contributed by atoms with van der Waals surface area (Å²) in [6.45, 7) is 0.733. The molecule has 1 aliphatic heterocycles. The highest BCUT2D eigenvalue weighted by Gasteiger charge is 2.25. The predicted molar refractivity (Wildman–Crippen MR) is 55.9 cm³/mol. The van der Waals surface area contributed by atoms with E-state index in [1.165, 1.54) is 6.42 Å². The summed E-state index contributed by atoms with van der Waals surface area (Å²) in [6, 6.07) is 0.285. The van der Waals surface area contributed by atoms with Gasteiger partial charge in [0.05, 0.1) is 0 Å². The fraction of sp³-hybridized carbons (Fsp3) is 0.875. The lowest BCUT2D eigenvalue weighted by Gasteiger charge is -2.33. The summed E-state index contributed by atoms with van der Waals surface area (Å²) >= 11 is 2.30. The lowest BCUT2D eigenvalue weighted by atomic mass is 10.0. The minimum Gasteiger partial charge on any atom is -0.465 e. The number of rotatable bonds is 2. The Morgan fingerprint density at radius 1 is 1.58 bits per heavy atom. The summed E-state index contributed by atoms with van der Waals surface area (Å²) in [5.74, 6) is 0. The first-order chi connectivity index (χ1) is 5.75. The molecule has 0 saturated carbocycles. The maximum atomic E-state index is 10.8. The van der Waals surface area contributed by atoms with Crippen molar-refractivity contribution in [2.45, 2.75) is 31.7 Å². The van der Waals surface area contributed by atoms with E-state index in [-0.39, 0.29) is 6.04 Å². The smallest absolute Gasteiger partial charge is 0.407 e. The van der Waals surface area contributed by atoms with Gasteiger partial charge in [-0.05, 0) is 25.7 Å². The number of amides is 1. The van der Waals surface area contributed by atoms with Gasteiger partial charge in [0.25, 0.3) is 0 Å². The van der Waals surface area contributed by atoms with Gasteiger partial charge in [0, 0.05) is 17.0 Å². The number of hydrogen-bond donors (Lipinski definition) is 1. The van der Waals surface area contributed by atoms with Crippen molar-refractivity contribution in [1.82, 2.24) is 4.90 Å². The van der Waals surface area contributed by atoms with Crippen molar-refractivity contribution in [2.75, 3.05) is 11.0 Å². The fourth-order valence-corrected chi connectivity index (χ4v) is 2.40. The van der Waals surface area contributed by atoms with Crippen molar-refractivity contribution in [2.24, 2.45) is 0 Å². The van der Waals surface area contributed by atoms with Crippen LogP contribution in [0, 0.1) is 0 Å². The topological polar surface area (TPSA) is 40.5 Å². The highest BCUT2D eigenvalue weighted by atomic mass is 127. The van der Waals surface area contributed by atoms with Crippen molar-refractivity contribution >= 4 is 28.7 Å². The predicted octanol–water partition coefficient (Wildman–Crippen LogP) is 2.34. The summed E-state index contributed by atoms with van der Waals surface area (Å²) in [7, 11) is 0. The van der Waals surface area contributed by atoms with Gasteiger partial charge < -0.3 is 10.0 Å². The monoisotopic (exact) mass is 283 g/mol. The number of carbonyl (C=O) groups is 1. The molecule has 0 radical (unpaired) electrons. The third-order valence-corrected chi connectivity index (χ3v) is 2.94. The average molecular weight is 283 g/mol. The molecule has 0 aliphatic carbocycles. The zero-order chi connectivity index (χ0) is 8.97. The Kier molecular flexibility index (Phi) is 4.11. The van der Waals surface area contributed by atoms with Gasteiger partial charge in [-0.2, -0.15) is 0 Å². The van der Waals surface area contributed by atoms with Gasteiger partial charge >= 0.3 is 6.09 Å². The van der Waals surface area contributed by atoms with E-state index in [4.69, 9.17) is 5.11 Å². The Morgan fingerprint density at radius 2 is 2.33 bits per heavy atom. The number of alkyl halides is 1. The SMILES string of the molecule is O=C(O)N1CCCCC1CCI. The number of carboxylic acid groups (broad SMARTS) is 1. The number of piperidine rings is 1. The number of likely N-dealkylation sites (tertiary alicyclic amines) is 1. The first-order valence-electron chi connectivity index (χ1n) is 4.31. The minimum atomic E-state index is -0.746. The van der Waals surface area contributed by atoms with Crippen LogP contribution in [0.3, 0.4) is 0 Å². The molecule has 1 rings (SSSR count). The normalized spacial score (nSPS) is 24.1. The second-order valence-electron chi connectivity index (χ2n) is 3.10. The largest absolute Gasteiger partial charge is 0.465 e. The van der Waals surface area contributed by atoms with E-state index in [9.17, 15) is 4.79 Å². The first kappa shape index (κ1) is 10.1. The van der Waals surface area contributed by atoms with E-state index in [1.807, 2.05) is 0 Å².